The monoisotopic (exact) mass is 353 g/mol. The second-order valence-corrected chi connectivity index (χ2v) is 6.05. The number of thioether (sulfide) groups is 1. The highest BCUT2D eigenvalue weighted by atomic mass is 35.5. The maximum atomic E-state index is 11.8. The van der Waals surface area contributed by atoms with Gasteiger partial charge in [0.25, 0.3) is 5.91 Å². The van der Waals surface area contributed by atoms with E-state index in [4.69, 9.17) is 23.8 Å². The molecule has 0 atom stereocenters. The van der Waals surface area contributed by atoms with Crippen LogP contribution >= 0.6 is 35.6 Å². The molecule has 22 heavy (non-hydrogen) atoms. The summed E-state index contributed by atoms with van der Waals surface area (Å²) in [5, 5.41) is 0.639. The Bertz CT molecular complexity index is 731. The molecule has 0 spiro atoms. The lowest BCUT2D eigenvalue weighted by Gasteiger charge is -2.07. The first-order valence-electron chi connectivity index (χ1n) is 6.21. The van der Waals surface area contributed by atoms with Gasteiger partial charge in [-0.1, -0.05) is 23.8 Å². The summed E-state index contributed by atoms with van der Waals surface area (Å²) in [7, 11) is 0. The van der Waals surface area contributed by atoms with E-state index in [-0.39, 0.29) is 11.7 Å². The zero-order chi connectivity index (χ0) is 15.9. The van der Waals surface area contributed by atoms with Gasteiger partial charge in [-0.15, -0.1) is 11.8 Å². The van der Waals surface area contributed by atoms with Crippen LogP contribution in [0.25, 0.3) is 0 Å². The van der Waals surface area contributed by atoms with Crippen molar-refractivity contribution in [2.24, 2.45) is 0 Å². The Morgan fingerprint density at radius 2 is 1.91 bits per heavy atom. The number of benzene rings is 1. The van der Waals surface area contributed by atoms with E-state index in [0.717, 1.165) is 4.90 Å². The molecule has 0 saturated carbocycles. The molecule has 1 aromatic carbocycles. The van der Waals surface area contributed by atoms with Crippen molar-refractivity contribution in [1.29, 1.82) is 0 Å². The Balaban J connectivity index is 1.80. The quantitative estimate of drug-likeness (QED) is 0.449. The number of hydrazine groups is 1. The first kappa shape index (κ1) is 16.5. The van der Waals surface area contributed by atoms with Gasteiger partial charge in [0.05, 0.1) is 11.3 Å². The number of carbonyl (C=O) groups excluding carboxylic acids is 2. The van der Waals surface area contributed by atoms with Crippen LogP contribution < -0.4 is 10.9 Å². The van der Waals surface area contributed by atoms with Gasteiger partial charge in [-0.05, 0) is 36.4 Å². The van der Waals surface area contributed by atoms with Crippen LogP contribution in [0.4, 0.5) is 0 Å². The molecule has 0 unspecified atom stereocenters. The number of rotatable bonds is 4. The molecule has 2 rings (SSSR count). The van der Waals surface area contributed by atoms with Crippen molar-refractivity contribution in [1.82, 2.24) is 15.8 Å². The molecule has 1 aromatic heterocycles. The van der Waals surface area contributed by atoms with Crippen molar-refractivity contribution in [3.05, 3.63) is 57.8 Å². The van der Waals surface area contributed by atoms with Gasteiger partial charge < -0.3 is 4.98 Å². The number of nitrogens with one attached hydrogen (secondary N) is 3. The molecule has 8 heteroatoms. The van der Waals surface area contributed by atoms with Crippen molar-refractivity contribution in [2.45, 2.75) is 4.90 Å². The van der Waals surface area contributed by atoms with E-state index in [9.17, 15) is 9.59 Å². The van der Waals surface area contributed by atoms with Crippen LogP contribution in [0.3, 0.4) is 0 Å². The van der Waals surface area contributed by atoms with Gasteiger partial charge in [-0.25, -0.2) is 0 Å². The van der Waals surface area contributed by atoms with Crippen molar-refractivity contribution in [2.75, 3.05) is 5.75 Å². The van der Waals surface area contributed by atoms with Crippen molar-refractivity contribution >= 4 is 47.4 Å². The SMILES string of the molecule is O=C(CSc1ccc(Cl)cc1)NNC(=O)c1ccc[nH]c1=S. The van der Waals surface area contributed by atoms with E-state index in [1.807, 2.05) is 12.1 Å². The fourth-order valence-electron chi connectivity index (χ4n) is 1.51. The molecular formula is C14H12ClN3O2S2. The molecule has 0 radical (unpaired) electrons. The number of carbonyl (C=O) groups is 2. The van der Waals surface area contributed by atoms with E-state index >= 15 is 0 Å². The first-order chi connectivity index (χ1) is 10.6. The Hall–Kier alpha value is -1.83. The summed E-state index contributed by atoms with van der Waals surface area (Å²) < 4.78 is 0.310. The van der Waals surface area contributed by atoms with Gasteiger partial charge in [0.2, 0.25) is 5.91 Å². The minimum Gasteiger partial charge on any atom is -0.352 e. The number of pyridine rings is 1. The smallest absolute Gasteiger partial charge is 0.272 e. The van der Waals surface area contributed by atoms with Gasteiger partial charge in [-0.3, -0.25) is 20.4 Å². The number of H-pyrrole nitrogens is 1. The van der Waals surface area contributed by atoms with Gasteiger partial charge in [-0.2, -0.15) is 0 Å². The average molecular weight is 354 g/mol. The van der Waals surface area contributed by atoms with Crippen LogP contribution in [-0.4, -0.2) is 22.6 Å². The number of aromatic nitrogens is 1. The Morgan fingerprint density at radius 1 is 1.18 bits per heavy atom. The molecule has 0 fully saturated rings. The first-order valence-corrected chi connectivity index (χ1v) is 7.98. The molecule has 0 aliphatic heterocycles. The predicted octanol–water partition coefficient (Wildman–Crippen LogP) is 2.95. The minimum atomic E-state index is -0.466. The lowest BCUT2D eigenvalue weighted by Crippen LogP contribution is -2.42. The maximum Gasteiger partial charge on any atom is 0.272 e. The highest BCUT2D eigenvalue weighted by Crippen LogP contribution is 2.19. The van der Waals surface area contributed by atoms with Crippen LogP contribution in [0.2, 0.25) is 5.02 Å². The maximum absolute atomic E-state index is 11.8. The zero-order valence-corrected chi connectivity index (χ0v) is 13.6. The summed E-state index contributed by atoms with van der Waals surface area (Å²) >= 11 is 12.1. The molecule has 2 amide bonds. The largest absolute Gasteiger partial charge is 0.352 e. The Labute approximate surface area is 141 Å². The Morgan fingerprint density at radius 3 is 2.59 bits per heavy atom. The third-order valence-electron chi connectivity index (χ3n) is 2.56. The van der Waals surface area contributed by atoms with Gasteiger partial charge in [0.15, 0.2) is 0 Å². The topological polar surface area (TPSA) is 74.0 Å². The number of amides is 2. The van der Waals surface area contributed by atoms with Gasteiger partial charge in [0, 0.05) is 16.1 Å². The fourth-order valence-corrected chi connectivity index (χ4v) is 2.56. The van der Waals surface area contributed by atoms with Gasteiger partial charge >= 0.3 is 0 Å². The van der Waals surface area contributed by atoms with Crippen LogP contribution in [-0.2, 0) is 4.79 Å². The summed E-state index contributed by atoms with van der Waals surface area (Å²) in [6.07, 6.45) is 1.63. The normalized spacial score (nSPS) is 10.0. The average Bonchev–Trinajstić information content (AvgIpc) is 2.52. The number of hydrogen-bond acceptors (Lipinski definition) is 4. The summed E-state index contributed by atoms with van der Waals surface area (Å²) in [5.74, 6) is -0.616. The van der Waals surface area contributed by atoms with Crippen LogP contribution in [0.5, 0.6) is 0 Å². The standard InChI is InChI=1S/C14H12ClN3O2S2/c15-9-3-5-10(6-4-9)22-8-12(19)17-18-13(20)11-2-1-7-16-14(11)21/h1-7H,8H2,(H,16,21)(H,17,19)(H,18,20). The third kappa shape index (κ3) is 4.87. The number of halogens is 1. The van der Waals surface area contributed by atoms with Crippen LogP contribution in [0.1, 0.15) is 10.4 Å². The summed E-state index contributed by atoms with van der Waals surface area (Å²) in [4.78, 5) is 27.2. The van der Waals surface area contributed by atoms with Crippen molar-refractivity contribution < 1.29 is 9.59 Å². The van der Waals surface area contributed by atoms with Crippen molar-refractivity contribution in [3.8, 4) is 0 Å². The summed E-state index contributed by atoms with van der Waals surface area (Å²) in [6, 6.07) is 10.4. The molecular weight excluding hydrogens is 342 g/mol. The van der Waals surface area contributed by atoms with E-state index in [2.05, 4.69) is 15.8 Å². The molecule has 2 aromatic rings. The number of aromatic amines is 1. The van der Waals surface area contributed by atoms with E-state index < -0.39 is 5.91 Å². The summed E-state index contributed by atoms with van der Waals surface area (Å²) in [6.45, 7) is 0. The fraction of sp³-hybridized carbons (Fsp3) is 0.0714. The van der Waals surface area contributed by atoms with E-state index in [1.54, 1.807) is 30.5 Å². The molecule has 1 heterocycles. The third-order valence-corrected chi connectivity index (χ3v) is 4.16. The molecule has 0 saturated heterocycles. The second kappa shape index (κ2) is 7.98. The second-order valence-electron chi connectivity index (χ2n) is 4.16. The highest BCUT2D eigenvalue weighted by molar-refractivity contribution is 8.00. The zero-order valence-electron chi connectivity index (χ0n) is 11.3. The molecule has 0 aliphatic rings. The molecule has 0 bridgehead atoms. The van der Waals surface area contributed by atoms with Crippen LogP contribution in [0.15, 0.2) is 47.5 Å². The summed E-state index contributed by atoms with van der Waals surface area (Å²) in [5.41, 5.74) is 4.96. The molecule has 0 aliphatic carbocycles. The van der Waals surface area contributed by atoms with Crippen LogP contribution in [0, 0.1) is 4.64 Å². The van der Waals surface area contributed by atoms with Gasteiger partial charge in [0.1, 0.15) is 4.64 Å². The Kier molecular flexibility index (Phi) is 6.00. The highest BCUT2D eigenvalue weighted by Gasteiger charge is 2.09. The number of hydrogen-bond donors (Lipinski definition) is 3. The molecule has 114 valence electrons. The lowest BCUT2D eigenvalue weighted by molar-refractivity contribution is -0.119. The predicted molar refractivity (Wildman–Crippen MR) is 89.4 cm³/mol. The van der Waals surface area contributed by atoms with E-state index in [0.29, 0.717) is 15.2 Å². The van der Waals surface area contributed by atoms with Crippen molar-refractivity contribution in [3.63, 3.8) is 0 Å². The lowest BCUT2D eigenvalue weighted by atomic mass is 10.3. The molecule has 5 nitrogen and oxygen atoms in total. The molecule has 3 N–H and O–H groups in total. The minimum absolute atomic E-state index is 0.170. The van der Waals surface area contributed by atoms with E-state index in [1.165, 1.54) is 11.8 Å².